The highest BCUT2D eigenvalue weighted by Gasteiger charge is 2.25. The highest BCUT2D eigenvalue weighted by atomic mass is 16.1. The minimum Gasteiger partial charge on any atom is -0.355 e. The van der Waals surface area contributed by atoms with Crippen molar-refractivity contribution in [2.24, 2.45) is 5.41 Å². The summed E-state index contributed by atoms with van der Waals surface area (Å²) in [4.78, 5) is 21.4. The summed E-state index contributed by atoms with van der Waals surface area (Å²) in [5.41, 5.74) is -0.355. The van der Waals surface area contributed by atoms with Crippen LogP contribution in [-0.2, 0) is 9.59 Å². The first-order valence-electron chi connectivity index (χ1n) is 4.31. The maximum atomic E-state index is 10.8. The first-order chi connectivity index (χ1) is 5.60. The summed E-state index contributed by atoms with van der Waals surface area (Å²) in [6.45, 7) is 5.83. The largest absolute Gasteiger partial charge is 0.355 e. The van der Waals surface area contributed by atoms with E-state index in [-0.39, 0.29) is 11.3 Å². The molecule has 3 heteroatoms. The van der Waals surface area contributed by atoms with E-state index < -0.39 is 0 Å². The predicted octanol–water partition coefficient (Wildman–Crippen LogP) is 1.13. The van der Waals surface area contributed by atoms with Gasteiger partial charge in [-0.15, -0.1) is 0 Å². The fourth-order valence-corrected chi connectivity index (χ4v) is 1.01. The number of carbonyl (C=O) groups excluding carboxylic acids is 2. The summed E-state index contributed by atoms with van der Waals surface area (Å²) in [5.74, 6) is -0.0804. The van der Waals surface area contributed by atoms with E-state index in [0.29, 0.717) is 6.54 Å². The maximum absolute atomic E-state index is 10.8. The van der Waals surface area contributed by atoms with Gasteiger partial charge in [0, 0.05) is 18.9 Å². The lowest BCUT2D eigenvalue weighted by molar-refractivity contribution is -0.121. The molecule has 0 saturated heterocycles. The molecule has 0 radical (unpaired) electrons. The second kappa shape index (κ2) is 4.91. The Balaban J connectivity index is 4.11. The standard InChI is InChI=1S/C9H17NO2/c1-4-9(5-2,7-11)6-10-8(3)12/h7H,4-6H2,1-3H3,(H,10,12). The van der Waals surface area contributed by atoms with E-state index in [4.69, 9.17) is 0 Å². The fourth-order valence-electron chi connectivity index (χ4n) is 1.01. The third-order valence-electron chi connectivity index (χ3n) is 2.35. The van der Waals surface area contributed by atoms with Gasteiger partial charge in [0.1, 0.15) is 6.29 Å². The number of amides is 1. The van der Waals surface area contributed by atoms with Crippen molar-refractivity contribution in [3.8, 4) is 0 Å². The van der Waals surface area contributed by atoms with Gasteiger partial charge in [0.05, 0.1) is 0 Å². The summed E-state index contributed by atoms with van der Waals surface area (Å²) in [7, 11) is 0. The van der Waals surface area contributed by atoms with Gasteiger partial charge in [0.2, 0.25) is 5.91 Å². The molecule has 70 valence electrons. The van der Waals surface area contributed by atoms with E-state index in [9.17, 15) is 9.59 Å². The molecule has 1 N–H and O–H groups in total. The van der Waals surface area contributed by atoms with Crippen molar-refractivity contribution in [3.05, 3.63) is 0 Å². The first kappa shape index (κ1) is 11.1. The van der Waals surface area contributed by atoms with E-state index in [1.54, 1.807) is 0 Å². The molecule has 0 bridgehead atoms. The average Bonchev–Trinajstić information content (AvgIpc) is 2.08. The number of aldehydes is 1. The van der Waals surface area contributed by atoms with Crippen LogP contribution in [0.25, 0.3) is 0 Å². The number of hydrogen-bond acceptors (Lipinski definition) is 2. The number of hydrogen-bond donors (Lipinski definition) is 1. The predicted molar refractivity (Wildman–Crippen MR) is 47.8 cm³/mol. The van der Waals surface area contributed by atoms with Crippen molar-refractivity contribution in [2.75, 3.05) is 6.54 Å². The lowest BCUT2D eigenvalue weighted by Gasteiger charge is -2.24. The Kier molecular flexibility index (Phi) is 4.55. The Bertz CT molecular complexity index is 162. The van der Waals surface area contributed by atoms with Gasteiger partial charge in [0.15, 0.2) is 0 Å². The van der Waals surface area contributed by atoms with E-state index in [0.717, 1.165) is 19.1 Å². The minimum absolute atomic E-state index is 0.0804. The van der Waals surface area contributed by atoms with Crippen molar-refractivity contribution in [1.29, 1.82) is 0 Å². The molecule has 0 aromatic carbocycles. The van der Waals surface area contributed by atoms with Crippen LogP contribution in [0.4, 0.5) is 0 Å². The molecule has 0 heterocycles. The van der Waals surface area contributed by atoms with Gasteiger partial charge in [-0.3, -0.25) is 4.79 Å². The van der Waals surface area contributed by atoms with Crippen LogP contribution >= 0.6 is 0 Å². The van der Waals surface area contributed by atoms with Gasteiger partial charge in [-0.25, -0.2) is 0 Å². The van der Waals surface area contributed by atoms with E-state index in [1.807, 2.05) is 13.8 Å². The van der Waals surface area contributed by atoms with Crippen LogP contribution in [0, 0.1) is 5.41 Å². The molecule has 0 spiro atoms. The Hall–Kier alpha value is -0.860. The molecule has 0 atom stereocenters. The van der Waals surface area contributed by atoms with Crippen LogP contribution in [0.3, 0.4) is 0 Å². The molecule has 0 aliphatic heterocycles. The van der Waals surface area contributed by atoms with Crippen LogP contribution in [0.1, 0.15) is 33.6 Å². The number of nitrogens with one attached hydrogen (secondary N) is 1. The van der Waals surface area contributed by atoms with Crippen molar-refractivity contribution in [1.82, 2.24) is 5.32 Å². The zero-order valence-corrected chi connectivity index (χ0v) is 8.02. The Morgan fingerprint density at radius 2 is 1.92 bits per heavy atom. The minimum atomic E-state index is -0.355. The Labute approximate surface area is 73.5 Å². The molecule has 0 saturated carbocycles. The van der Waals surface area contributed by atoms with Crippen LogP contribution in [0.2, 0.25) is 0 Å². The zero-order valence-electron chi connectivity index (χ0n) is 8.02. The topological polar surface area (TPSA) is 46.2 Å². The molecule has 0 aromatic heterocycles. The lowest BCUT2D eigenvalue weighted by atomic mass is 9.84. The fraction of sp³-hybridized carbons (Fsp3) is 0.778. The van der Waals surface area contributed by atoms with Crippen molar-refractivity contribution < 1.29 is 9.59 Å². The maximum Gasteiger partial charge on any atom is 0.216 e. The van der Waals surface area contributed by atoms with Crippen molar-refractivity contribution >= 4 is 12.2 Å². The van der Waals surface area contributed by atoms with E-state index in [2.05, 4.69) is 5.32 Å². The molecule has 0 aliphatic rings. The van der Waals surface area contributed by atoms with Crippen LogP contribution in [0.5, 0.6) is 0 Å². The smallest absolute Gasteiger partial charge is 0.216 e. The van der Waals surface area contributed by atoms with Crippen molar-refractivity contribution in [3.63, 3.8) is 0 Å². The van der Waals surface area contributed by atoms with E-state index in [1.165, 1.54) is 6.92 Å². The monoisotopic (exact) mass is 171 g/mol. The summed E-state index contributed by atoms with van der Waals surface area (Å²) < 4.78 is 0. The van der Waals surface area contributed by atoms with Gasteiger partial charge in [-0.1, -0.05) is 13.8 Å². The molecule has 12 heavy (non-hydrogen) atoms. The van der Waals surface area contributed by atoms with Crippen molar-refractivity contribution in [2.45, 2.75) is 33.6 Å². The molecule has 0 fully saturated rings. The quantitative estimate of drug-likeness (QED) is 0.630. The molecule has 0 unspecified atom stereocenters. The normalized spacial score (nSPS) is 10.9. The summed E-state index contributed by atoms with van der Waals surface area (Å²) in [5, 5.41) is 2.67. The van der Waals surface area contributed by atoms with Crippen LogP contribution in [-0.4, -0.2) is 18.7 Å². The summed E-state index contributed by atoms with van der Waals surface area (Å²) >= 11 is 0. The zero-order chi connectivity index (χ0) is 9.61. The number of rotatable bonds is 5. The third kappa shape index (κ3) is 3.03. The van der Waals surface area contributed by atoms with Gasteiger partial charge >= 0.3 is 0 Å². The first-order valence-corrected chi connectivity index (χ1v) is 4.31. The second-order valence-electron chi connectivity index (χ2n) is 3.10. The SMILES string of the molecule is CCC(C=O)(CC)CNC(C)=O. The summed E-state index contributed by atoms with van der Waals surface area (Å²) in [6, 6.07) is 0. The molecule has 0 aliphatic carbocycles. The van der Waals surface area contributed by atoms with Gasteiger partial charge in [-0.05, 0) is 12.8 Å². The van der Waals surface area contributed by atoms with Crippen LogP contribution < -0.4 is 5.32 Å². The third-order valence-corrected chi connectivity index (χ3v) is 2.35. The Morgan fingerprint density at radius 1 is 1.42 bits per heavy atom. The highest BCUT2D eigenvalue weighted by molar-refractivity contribution is 5.73. The van der Waals surface area contributed by atoms with Gasteiger partial charge in [0.25, 0.3) is 0 Å². The van der Waals surface area contributed by atoms with E-state index >= 15 is 0 Å². The molecule has 3 nitrogen and oxygen atoms in total. The highest BCUT2D eigenvalue weighted by Crippen LogP contribution is 2.21. The molecular weight excluding hydrogens is 154 g/mol. The average molecular weight is 171 g/mol. The van der Waals surface area contributed by atoms with Gasteiger partial charge < -0.3 is 10.1 Å². The second-order valence-corrected chi connectivity index (χ2v) is 3.10. The molecule has 0 aromatic rings. The van der Waals surface area contributed by atoms with Crippen LogP contribution in [0.15, 0.2) is 0 Å². The molecule has 1 amide bonds. The molecular formula is C9H17NO2. The lowest BCUT2D eigenvalue weighted by Crippen LogP contribution is -2.36. The molecule has 0 rings (SSSR count). The Morgan fingerprint density at radius 3 is 2.17 bits per heavy atom. The summed E-state index contributed by atoms with van der Waals surface area (Å²) in [6.07, 6.45) is 2.49. The number of carbonyl (C=O) groups is 2. The van der Waals surface area contributed by atoms with Gasteiger partial charge in [-0.2, -0.15) is 0 Å².